The number of carbonyl (C=O) groups excluding carboxylic acids is 2. The van der Waals surface area contributed by atoms with Crippen LogP contribution in [0.4, 0.5) is 5.69 Å². The summed E-state index contributed by atoms with van der Waals surface area (Å²) in [6.45, 7) is 2.07. The van der Waals surface area contributed by atoms with Crippen LogP contribution in [-0.2, 0) is 9.59 Å². The topological polar surface area (TPSA) is 125 Å². The maximum absolute atomic E-state index is 12.0. The molecule has 0 saturated carbocycles. The van der Waals surface area contributed by atoms with Gasteiger partial charge >= 0.3 is 0 Å². The van der Waals surface area contributed by atoms with Gasteiger partial charge in [0.25, 0.3) is 5.88 Å². The molecule has 0 atom stereocenters. The number of anilines is 1. The fourth-order valence-corrected chi connectivity index (χ4v) is 2.00. The summed E-state index contributed by atoms with van der Waals surface area (Å²) in [6, 6.07) is 4.94. The third-order valence-electron chi connectivity index (χ3n) is 3.28. The van der Waals surface area contributed by atoms with Gasteiger partial charge in [0.05, 0.1) is 26.5 Å². The minimum atomic E-state index is -0.469. The quantitative estimate of drug-likeness (QED) is 0.497. The molecule has 0 radical (unpaired) electrons. The number of methoxy groups -OCH3 is 2. The Bertz CT molecular complexity index is 761. The number of benzene rings is 1. The second-order valence-corrected chi connectivity index (χ2v) is 5.14. The highest BCUT2D eigenvalue weighted by atomic mass is 16.6. The fraction of sp³-hybridized carbons (Fsp3) is 0.375. The van der Waals surface area contributed by atoms with Crippen LogP contribution in [-0.4, -0.2) is 49.5 Å². The zero-order valence-electron chi connectivity index (χ0n) is 14.7. The first-order chi connectivity index (χ1) is 12.5. The molecule has 2 amide bonds. The van der Waals surface area contributed by atoms with Crippen molar-refractivity contribution in [1.82, 2.24) is 15.6 Å². The fourth-order valence-electron chi connectivity index (χ4n) is 2.00. The molecule has 10 heteroatoms. The van der Waals surface area contributed by atoms with E-state index in [0.29, 0.717) is 22.9 Å². The zero-order chi connectivity index (χ0) is 18.9. The van der Waals surface area contributed by atoms with Crippen LogP contribution in [0.1, 0.15) is 12.1 Å². The summed E-state index contributed by atoms with van der Waals surface area (Å²) in [4.78, 5) is 23.8. The van der Waals surface area contributed by atoms with Gasteiger partial charge in [-0.1, -0.05) is 5.16 Å². The molecule has 2 aromatic rings. The molecule has 0 unspecified atom stereocenters. The second-order valence-electron chi connectivity index (χ2n) is 5.14. The van der Waals surface area contributed by atoms with Gasteiger partial charge in [-0.05, 0) is 24.2 Å². The highest BCUT2D eigenvalue weighted by Gasteiger charge is 2.13. The molecule has 140 valence electrons. The first kappa shape index (κ1) is 19.0. The van der Waals surface area contributed by atoms with Crippen molar-refractivity contribution in [3.05, 3.63) is 23.9 Å². The summed E-state index contributed by atoms with van der Waals surface area (Å²) in [7, 11) is 3.00. The van der Waals surface area contributed by atoms with Gasteiger partial charge in [0.1, 0.15) is 30.2 Å². The molecule has 0 spiro atoms. The van der Waals surface area contributed by atoms with Crippen molar-refractivity contribution in [2.75, 3.05) is 32.7 Å². The van der Waals surface area contributed by atoms with Gasteiger partial charge in [-0.15, -0.1) is 0 Å². The van der Waals surface area contributed by atoms with Gasteiger partial charge < -0.3 is 24.8 Å². The van der Waals surface area contributed by atoms with E-state index in [0.717, 1.165) is 0 Å². The van der Waals surface area contributed by atoms with Crippen molar-refractivity contribution in [2.24, 2.45) is 0 Å². The highest BCUT2D eigenvalue weighted by molar-refractivity contribution is 6.04. The van der Waals surface area contributed by atoms with E-state index >= 15 is 0 Å². The first-order valence-electron chi connectivity index (χ1n) is 7.74. The molecular weight excluding hydrogens is 344 g/mol. The largest absolute Gasteiger partial charge is 0.497 e. The maximum atomic E-state index is 12.0. The van der Waals surface area contributed by atoms with Crippen LogP contribution in [0.25, 0.3) is 0 Å². The SMILES string of the molecule is COc1ccc(NC(=O)CC(=O)NCCOc2nonc2C)c(OC)c1. The number of hydrogen-bond donors (Lipinski definition) is 2. The van der Waals surface area contributed by atoms with Crippen molar-refractivity contribution >= 4 is 17.5 Å². The molecule has 0 aliphatic rings. The smallest absolute Gasteiger partial charge is 0.278 e. The molecule has 1 aromatic heterocycles. The summed E-state index contributed by atoms with van der Waals surface area (Å²) in [5.74, 6) is 0.388. The van der Waals surface area contributed by atoms with Gasteiger partial charge in [-0.2, -0.15) is 0 Å². The number of aromatic nitrogens is 2. The first-order valence-corrected chi connectivity index (χ1v) is 7.74. The molecule has 26 heavy (non-hydrogen) atoms. The third kappa shape index (κ3) is 5.36. The van der Waals surface area contributed by atoms with Crippen molar-refractivity contribution in [3.63, 3.8) is 0 Å². The standard InChI is InChI=1S/C16H20N4O6/c1-10-16(20-26-19-10)25-7-6-17-14(21)9-15(22)18-12-5-4-11(23-2)8-13(12)24-3/h4-5,8H,6-7,9H2,1-3H3,(H,17,21)(H,18,22). The van der Waals surface area contributed by atoms with Gasteiger partial charge in [-0.3, -0.25) is 9.59 Å². The molecule has 2 N–H and O–H groups in total. The summed E-state index contributed by atoms with van der Waals surface area (Å²) < 4.78 is 20.0. The van der Waals surface area contributed by atoms with Crippen LogP contribution in [0.2, 0.25) is 0 Å². The van der Waals surface area contributed by atoms with E-state index in [4.69, 9.17) is 14.2 Å². The Morgan fingerprint density at radius 2 is 1.96 bits per heavy atom. The number of carbonyl (C=O) groups is 2. The van der Waals surface area contributed by atoms with Crippen molar-refractivity contribution in [1.29, 1.82) is 0 Å². The van der Waals surface area contributed by atoms with Crippen LogP contribution in [0, 0.1) is 6.92 Å². The summed E-state index contributed by atoms with van der Waals surface area (Å²) >= 11 is 0. The number of aryl methyl sites for hydroxylation is 1. The van der Waals surface area contributed by atoms with Gasteiger partial charge in [0, 0.05) is 6.07 Å². The number of rotatable bonds is 9. The molecule has 1 aromatic carbocycles. The average molecular weight is 364 g/mol. The van der Waals surface area contributed by atoms with E-state index < -0.39 is 11.8 Å². The number of amides is 2. The molecule has 1 heterocycles. The van der Waals surface area contributed by atoms with Crippen LogP contribution in [0.15, 0.2) is 22.8 Å². The molecular formula is C16H20N4O6. The van der Waals surface area contributed by atoms with E-state index in [1.54, 1.807) is 25.1 Å². The van der Waals surface area contributed by atoms with Crippen molar-refractivity contribution in [3.8, 4) is 17.4 Å². The predicted molar refractivity (Wildman–Crippen MR) is 90.3 cm³/mol. The minimum Gasteiger partial charge on any atom is -0.497 e. The van der Waals surface area contributed by atoms with Gasteiger partial charge in [0.15, 0.2) is 0 Å². The Hall–Kier alpha value is -3.30. The van der Waals surface area contributed by atoms with Gasteiger partial charge in [0.2, 0.25) is 11.8 Å². The normalized spacial score (nSPS) is 10.1. The second kappa shape index (κ2) is 9.25. The number of hydrogen-bond acceptors (Lipinski definition) is 8. The number of ether oxygens (including phenoxy) is 3. The lowest BCUT2D eigenvalue weighted by Crippen LogP contribution is -2.31. The molecule has 2 rings (SSSR count). The molecule has 0 fully saturated rings. The lowest BCUT2D eigenvalue weighted by atomic mass is 10.2. The van der Waals surface area contributed by atoms with Crippen LogP contribution < -0.4 is 24.8 Å². The molecule has 0 bridgehead atoms. The molecule has 0 aliphatic heterocycles. The maximum Gasteiger partial charge on any atom is 0.278 e. The van der Waals surface area contributed by atoms with Crippen LogP contribution >= 0.6 is 0 Å². The zero-order valence-corrected chi connectivity index (χ0v) is 14.7. The Morgan fingerprint density at radius 1 is 1.15 bits per heavy atom. The van der Waals surface area contributed by atoms with E-state index in [9.17, 15) is 9.59 Å². The third-order valence-corrected chi connectivity index (χ3v) is 3.28. The van der Waals surface area contributed by atoms with E-state index in [-0.39, 0.29) is 25.5 Å². The Morgan fingerprint density at radius 3 is 2.62 bits per heavy atom. The Labute approximate surface area is 149 Å². The highest BCUT2D eigenvalue weighted by Crippen LogP contribution is 2.29. The van der Waals surface area contributed by atoms with Crippen molar-refractivity contribution < 1.29 is 28.4 Å². The lowest BCUT2D eigenvalue weighted by Gasteiger charge is -2.11. The van der Waals surface area contributed by atoms with Crippen molar-refractivity contribution in [2.45, 2.75) is 13.3 Å². The summed E-state index contributed by atoms with van der Waals surface area (Å²) in [5.41, 5.74) is 0.965. The predicted octanol–water partition coefficient (Wildman–Crippen LogP) is 0.919. The van der Waals surface area contributed by atoms with E-state index in [1.165, 1.54) is 14.2 Å². The van der Waals surface area contributed by atoms with E-state index in [1.807, 2.05) is 0 Å². The molecule has 0 saturated heterocycles. The van der Waals surface area contributed by atoms with Gasteiger partial charge in [-0.25, -0.2) is 4.63 Å². The monoisotopic (exact) mass is 364 g/mol. The number of nitrogens with one attached hydrogen (secondary N) is 2. The van der Waals surface area contributed by atoms with E-state index in [2.05, 4.69) is 25.6 Å². The Balaban J connectivity index is 1.75. The average Bonchev–Trinajstić information content (AvgIpc) is 3.04. The van der Waals surface area contributed by atoms with Crippen LogP contribution in [0.5, 0.6) is 17.4 Å². The molecule has 0 aliphatic carbocycles. The van der Waals surface area contributed by atoms with Crippen LogP contribution in [0.3, 0.4) is 0 Å². The lowest BCUT2D eigenvalue weighted by molar-refractivity contribution is -0.126. The molecule has 10 nitrogen and oxygen atoms in total. The Kier molecular flexibility index (Phi) is 6.77. The summed E-state index contributed by atoms with van der Waals surface area (Å²) in [6.07, 6.45) is -0.334. The summed E-state index contributed by atoms with van der Waals surface area (Å²) in [5, 5.41) is 12.3. The minimum absolute atomic E-state index is 0.175. The number of nitrogens with zero attached hydrogens (tertiary/aromatic N) is 2.